The lowest BCUT2D eigenvalue weighted by molar-refractivity contribution is 0.103. The zero-order valence-electron chi connectivity index (χ0n) is 16.6. The summed E-state index contributed by atoms with van der Waals surface area (Å²) in [5, 5.41) is 10.3. The van der Waals surface area contributed by atoms with E-state index in [0.717, 1.165) is 36.9 Å². The molecule has 1 N–H and O–H groups in total. The molecule has 1 aliphatic heterocycles. The van der Waals surface area contributed by atoms with Crippen LogP contribution in [0.1, 0.15) is 54.0 Å². The van der Waals surface area contributed by atoms with Crippen LogP contribution in [0.5, 0.6) is 0 Å². The highest BCUT2D eigenvalue weighted by atomic mass is 32.1. The van der Waals surface area contributed by atoms with Gasteiger partial charge in [0.15, 0.2) is 0 Å². The van der Waals surface area contributed by atoms with Crippen LogP contribution in [0.2, 0.25) is 0 Å². The Hall–Kier alpha value is -1.89. The van der Waals surface area contributed by atoms with Crippen LogP contribution in [0.4, 0.5) is 10.5 Å². The molecule has 2 heterocycles. The van der Waals surface area contributed by atoms with Crippen LogP contribution in [0, 0.1) is 6.92 Å². The molecule has 1 amide bonds. The lowest BCUT2D eigenvalue weighted by Crippen LogP contribution is -2.36. The number of amides is 1. The molecule has 1 unspecified atom stereocenters. The average Bonchev–Trinajstić information content (AvgIpc) is 3.27. The van der Waals surface area contributed by atoms with E-state index < -0.39 is 6.10 Å². The zero-order valence-corrected chi connectivity index (χ0v) is 17.4. The van der Waals surface area contributed by atoms with Crippen LogP contribution < -0.4 is 4.90 Å². The minimum atomic E-state index is -0.459. The highest BCUT2D eigenvalue weighted by Crippen LogP contribution is 2.27. The number of benzene rings is 1. The molecule has 1 saturated heterocycles. The van der Waals surface area contributed by atoms with Gasteiger partial charge in [0.2, 0.25) is 0 Å². The maximum absolute atomic E-state index is 12.2. The molecular weight excluding hydrogens is 374 g/mol. The van der Waals surface area contributed by atoms with Crippen LogP contribution in [0.25, 0.3) is 0 Å². The summed E-state index contributed by atoms with van der Waals surface area (Å²) < 4.78 is 11.1. The van der Waals surface area contributed by atoms with Crippen molar-refractivity contribution in [1.29, 1.82) is 0 Å². The highest BCUT2D eigenvalue weighted by Gasteiger charge is 2.34. The van der Waals surface area contributed by atoms with Gasteiger partial charge in [0, 0.05) is 15.4 Å². The van der Waals surface area contributed by atoms with E-state index in [4.69, 9.17) is 9.47 Å². The van der Waals surface area contributed by atoms with Gasteiger partial charge in [-0.05, 0) is 43.2 Å². The molecule has 28 heavy (non-hydrogen) atoms. The van der Waals surface area contributed by atoms with Gasteiger partial charge in [-0.1, -0.05) is 38.3 Å². The maximum Gasteiger partial charge on any atom is 0.414 e. The molecule has 3 rings (SSSR count). The summed E-state index contributed by atoms with van der Waals surface area (Å²) >= 11 is 1.72. The van der Waals surface area contributed by atoms with Crippen molar-refractivity contribution in [1.82, 2.24) is 0 Å². The first kappa shape index (κ1) is 20.8. The third kappa shape index (κ3) is 5.34. The minimum absolute atomic E-state index is 0.145. The Morgan fingerprint density at radius 1 is 1.25 bits per heavy atom. The van der Waals surface area contributed by atoms with Crippen molar-refractivity contribution < 1.29 is 19.4 Å². The number of thiophene rings is 1. The van der Waals surface area contributed by atoms with Crippen molar-refractivity contribution in [3.05, 3.63) is 51.7 Å². The van der Waals surface area contributed by atoms with E-state index in [2.05, 4.69) is 26.0 Å². The maximum atomic E-state index is 12.2. The molecule has 0 aliphatic carbocycles. The molecule has 1 aromatic heterocycles. The Labute approximate surface area is 170 Å². The van der Waals surface area contributed by atoms with E-state index >= 15 is 0 Å². The number of hydrogen-bond acceptors (Lipinski definition) is 5. The first-order valence-electron chi connectivity index (χ1n) is 9.95. The number of aliphatic hydroxyl groups excluding tert-OH is 1. The van der Waals surface area contributed by atoms with Gasteiger partial charge in [-0.15, -0.1) is 11.3 Å². The fourth-order valence-corrected chi connectivity index (χ4v) is 4.20. The van der Waals surface area contributed by atoms with E-state index in [0.29, 0.717) is 19.8 Å². The number of aryl methyl sites for hydroxylation is 1. The molecule has 2 aromatic rings. The number of nitrogens with zero attached hydrogens (tertiary/aromatic N) is 1. The molecule has 5 nitrogen and oxygen atoms in total. The molecule has 2 atom stereocenters. The zero-order chi connectivity index (χ0) is 19.9. The van der Waals surface area contributed by atoms with Crippen molar-refractivity contribution in [2.24, 2.45) is 0 Å². The summed E-state index contributed by atoms with van der Waals surface area (Å²) in [6.45, 7) is 5.51. The third-order valence-corrected chi connectivity index (χ3v) is 5.92. The van der Waals surface area contributed by atoms with Gasteiger partial charge in [0.05, 0.1) is 25.4 Å². The predicted molar refractivity (Wildman–Crippen MR) is 112 cm³/mol. The molecule has 1 aliphatic rings. The van der Waals surface area contributed by atoms with Crippen LogP contribution >= 0.6 is 11.3 Å². The normalized spacial score (nSPS) is 17.8. The lowest BCUT2D eigenvalue weighted by atomic mass is 10.0. The van der Waals surface area contributed by atoms with Crippen LogP contribution in [0.15, 0.2) is 36.4 Å². The number of anilines is 1. The smallest absolute Gasteiger partial charge is 0.414 e. The molecule has 1 aromatic carbocycles. The number of aliphatic hydroxyl groups is 1. The molecule has 152 valence electrons. The van der Waals surface area contributed by atoms with Crippen molar-refractivity contribution in [3.8, 4) is 0 Å². The number of carbonyl (C=O) groups is 1. The van der Waals surface area contributed by atoms with Gasteiger partial charge in [0.25, 0.3) is 0 Å². The highest BCUT2D eigenvalue weighted by molar-refractivity contribution is 7.11. The van der Waals surface area contributed by atoms with Crippen molar-refractivity contribution in [3.63, 3.8) is 0 Å². The Balaban J connectivity index is 1.57. The van der Waals surface area contributed by atoms with E-state index in [-0.39, 0.29) is 12.1 Å². The number of rotatable bonds is 10. The molecule has 0 bridgehead atoms. The quantitative estimate of drug-likeness (QED) is 0.553. The number of unbranched alkanes of at least 4 members (excludes halogenated alkanes) is 2. The van der Waals surface area contributed by atoms with Crippen LogP contribution in [-0.2, 0) is 16.1 Å². The second kappa shape index (κ2) is 10.0. The summed E-state index contributed by atoms with van der Waals surface area (Å²) in [6, 6.07) is 11.5. The second-order valence-corrected chi connectivity index (χ2v) is 8.60. The van der Waals surface area contributed by atoms with Crippen LogP contribution in [-0.4, -0.2) is 30.5 Å². The fraction of sp³-hybridized carbons (Fsp3) is 0.500. The van der Waals surface area contributed by atoms with Crippen molar-refractivity contribution in [2.75, 3.05) is 18.1 Å². The molecule has 0 spiro atoms. The second-order valence-electron chi connectivity index (χ2n) is 7.23. The Morgan fingerprint density at radius 3 is 2.71 bits per heavy atom. The molecule has 0 saturated carbocycles. The fourth-order valence-electron chi connectivity index (χ4n) is 3.37. The first-order chi connectivity index (χ1) is 13.6. The number of carbonyl (C=O) groups excluding carboxylic acids is 1. The lowest BCUT2D eigenvalue weighted by Gasteiger charge is -2.22. The number of cyclic esters (lactones) is 1. The SMILES string of the molecule is CCCCCC(O)c1ccc(N2C(=O)OC[C@@H]2COCc2ccc(C)s2)cc1. The Morgan fingerprint density at radius 2 is 2.04 bits per heavy atom. The van der Waals surface area contributed by atoms with Gasteiger partial charge in [0.1, 0.15) is 6.61 Å². The summed E-state index contributed by atoms with van der Waals surface area (Å²) in [5.41, 5.74) is 1.65. The van der Waals surface area contributed by atoms with Crippen molar-refractivity contribution >= 4 is 23.1 Å². The van der Waals surface area contributed by atoms with E-state index in [1.807, 2.05) is 24.3 Å². The monoisotopic (exact) mass is 403 g/mol. The first-order valence-corrected chi connectivity index (χ1v) is 10.8. The van der Waals surface area contributed by atoms with Gasteiger partial charge in [-0.2, -0.15) is 0 Å². The van der Waals surface area contributed by atoms with Gasteiger partial charge in [-0.3, -0.25) is 4.90 Å². The molecular formula is C22H29NO4S. The molecule has 1 fully saturated rings. The average molecular weight is 404 g/mol. The standard InChI is InChI=1S/C22H29NO4S/c1-3-4-5-6-21(24)17-8-10-18(11-9-17)23-19(14-27-22(23)25)13-26-15-20-12-7-16(2)28-20/h7-12,19,21,24H,3-6,13-15H2,1-2H3/t19-,21?/m0/s1. The largest absolute Gasteiger partial charge is 0.447 e. The Kier molecular flexibility index (Phi) is 7.48. The predicted octanol–water partition coefficient (Wildman–Crippen LogP) is 5.21. The minimum Gasteiger partial charge on any atom is -0.447 e. The van der Waals surface area contributed by atoms with Gasteiger partial charge >= 0.3 is 6.09 Å². The summed E-state index contributed by atoms with van der Waals surface area (Å²) in [5.74, 6) is 0. The topological polar surface area (TPSA) is 59.0 Å². The number of hydrogen-bond donors (Lipinski definition) is 1. The van der Waals surface area contributed by atoms with E-state index in [9.17, 15) is 9.90 Å². The van der Waals surface area contributed by atoms with Crippen molar-refractivity contribution in [2.45, 2.75) is 58.3 Å². The van der Waals surface area contributed by atoms with E-state index in [1.54, 1.807) is 16.2 Å². The third-order valence-electron chi connectivity index (χ3n) is 4.95. The van der Waals surface area contributed by atoms with Gasteiger partial charge < -0.3 is 14.6 Å². The summed E-state index contributed by atoms with van der Waals surface area (Å²) in [4.78, 5) is 16.3. The Bertz CT molecular complexity index is 758. The number of ether oxygens (including phenoxy) is 2. The summed E-state index contributed by atoms with van der Waals surface area (Å²) in [7, 11) is 0. The van der Waals surface area contributed by atoms with E-state index in [1.165, 1.54) is 9.75 Å². The summed E-state index contributed by atoms with van der Waals surface area (Å²) in [6.07, 6.45) is 3.23. The molecule has 6 heteroatoms. The molecule has 0 radical (unpaired) electrons. The van der Waals surface area contributed by atoms with Crippen LogP contribution in [0.3, 0.4) is 0 Å². The van der Waals surface area contributed by atoms with Gasteiger partial charge in [-0.25, -0.2) is 4.79 Å².